The van der Waals surface area contributed by atoms with Crippen LogP contribution in [0.5, 0.6) is 17.2 Å². The molecule has 1 heterocycles. The van der Waals surface area contributed by atoms with Crippen LogP contribution < -0.4 is 24.2 Å². The molecule has 4 rings (SSSR count). The first-order chi connectivity index (χ1) is 16.9. The van der Waals surface area contributed by atoms with Crippen LogP contribution >= 0.6 is 11.6 Å². The van der Waals surface area contributed by atoms with Crippen molar-refractivity contribution in [3.63, 3.8) is 0 Å². The maximum absolute atomic E-state index is 13.3. The lowest BCUT2D eigenvalue weighted by Crippen LogP contribution is -2.47. The van der Waals surface area contributed by atoms with Crippen molar-refractivity contribution >= 4 is 27.5 Å². The predicted molar refractivity (Wildman–Crippen MR) is 131 cm³/mol. The summed E-state index contributed by atoms with van der Waals surface area (Å²) in [7, 11) is -4.15. The minimum absolute atomic E-state index is 0.131. The number of ether oxygens (including phenoxy) is 3. The van der Waals surface area contributed by atoms with E-state index in [4.69, 9.17) is 25.8 Å². The van der Waals surface area contributed by atoms with Crippen LogP contribution in [-0.4, -0.2) is 33.8 Å². The number of amides is 1. The lowest BCUT2D eigenvalue weighted by atomic mass is 10.1. The van der Waals surface area contributed by atoms with Crippen molar-refractivity contribution in [1.82, 2.24) is 10.0 Å². The fourth-order valence-corrected chi connectivity index (χ4v) is 5.22. The summed E-state index contributed by atoms with van der Waals surface area (Å²) >= 11 is 6.06. The Hall–Kier alpha value is -3.27. The number of benzene rings is 3. The Morgan fingerprint density at radius 3 is 2.57 bits per heavy atom. The average Bonchev–Trinajstić information content (AvgIpc) is 3.32. The molecule has 0 saturated carbocycles. The van der Waals surface area contributed by atoms with E-state index in [2.05, 4.69) is 10.0 Å². The highest BCUT2D eigenvalue weighted by atomic mass is 35.5. The van der Waals surface area contributed by atoms with E-state index in [1.165, 1.54) is 12.1 Å². The highest BCUT2D eigenvalue weighted by molar-refractivity contribution is 7.89. The molecule has 35 heavy (non-hydrogen) atoms. The van der Waals surface area contributed by atoms with Crippen molar-refractivity contribution in [3.05, 3.63) is 82.9 Å². The number of rotatable bonds is 10. The summed E-state index contributed by atoms with van der Waals surface area (Å²) in [4.78, 5) is 13.1. The largest absolute Gasteiger partial charge is 0.492 e. The molecule has 1 unspecified atom stereocenters. The molecule has 1 aliphatic heterocycles. The van der Waals surface area contributed by atoms with Gasteiger partial charge in [0.15, 0.2) is 11.5 Å². The molecule has 1 amide bonds. The number of carbonyl (C=O) groups is 1. The Balaban J connectivity index is 1.55. The van der Waals surface area contributed by atoms with Crippen LogP contribution in [0.25, 0.3) is 0 Å². The summed E-state index contributed by atoms with van der Waals surface area (Å²) in [5, 5.41) is 3.05. The minimum Gasteiger partial charge on any atom is -0.492 e. The fourth-order valence-electron chi connectivity index (χ4n) is 3.62. The second-order valence-electron chi connectivity index (χ2n) is 7.79. The summed E-state index contributed by atoms with van der Waals surface area (Å²) in [6.07, 6.45) is 0.150. The Labute approximate surface area is 209 Å². The molecule has 0 spiro atoms. The topological polar surface area (TPSA) is 103 Å². The first kappa shape index (κ1) is 24.8. The molecule has 8 nitrogen and oxygen atoms in total. The molecule has 0 aromatic heterocycles. The third-order valence-corrected chi connectivity index (χ3v) is 7.02. The number of hydrogen-bond donors (Lipinski definition) is 2. The molecule has 1 aliphatic rings. The summed E-state index contributed by atoms with van der Waals surface area (Å²) in [5.74, 6) is 0.919. The molecule has 0 bridgehead atoms. The van der Waals surface area contributed by atoms with Gasteiger partial charge >= 0.3 is 0 Å². The summed E-state index contributed by atoms with van der Waals surface area (Å²) in [5.41, 5.74) is 1.59. The Morgan fingerprint density at radius 2 is 1.80 bits per heavy atom. The van der Waals surface area contributed by atoms with Gasteiger partial charge in [-0.25, -0.2) is 8.42 Å². The molecule has 1 atom stereocenters. The van der Waals surface area contributed by atoms with E-state index in [0.29, 0.717) is 11.5 Å². The predicted octanol–water partition coefficient (Wildman–Crippen LogP) is 3.67. The Morgan fingerprint density at radius 1 is 1.03 bits per heavy atom. The van der Waals surface area contributed by atoms with E-state index >= 15 is 0 Å². The van der Waals surface area contributed by atoms with Crippen molar-refractivity contribution in [3.8, 4) is 17.2 Å². The monoisotopic (exact) mass is 516 g/mol. The first-order valence-electron chi connectivity index (χ1n) is 11.0. The second kappa shape index (κ2) is 11.0. The number of hydrogen-bond acceptors (Lipinski definition) is 6. The Kier molecular flexibility index (Phi) is 7.80. The number of nitrogens with one attached hydrogen (secondary N) is 2. The van der Waals surface area contributed by atoms with Crippen molar-refractivity contribution in [2.75, 3.05) is 13.4 Å². The van der Waals surface area contributed by atoms with Gasteiger partial charge in [-0.3, -0.25) is 4.79 Å². The smallest absolute Gasteiger partial charge is 0.245 e. The molecule has 184 valence electrons. The highest BCUT2D eigenvalue weighted by Crippen LogP contribution is 2.32. The van der Waals surface area contributed by atoms with Gasteiger partial charge in [0.05, 0.1) is 6.61 Å². The third kappa shape index (κ3) is 6.25. The quantitative estimate of drug-likeness (QED) is 0.426. The third-order valence-electron chi connectivity index (χ3n) is 5.30. The van der Waals surface area contributed by atoms with E-state index in [1.54, 1.807) is 25.1 Å². The molecule has 2 N–H and O–H groups in total. The molecule has 0 saturated heterocycles. The van der Waals surface area contributed by atoms with Gasteiger partial charge < -0.3 is 19.5 Å². The maximum Gasteiger partial charge on any atom is 0.245 e. The zero-order chi connectivity index (χ0) is 24.8. The van der Waals surface area contributed by atoms with Crippen LogP contribution in [0.4, 0.5) is 0 Å². The zero-order valence-electron chi connectivity index (χ0n) is 19.0. The molecule has 3 aromatic carbocycles. The second-order valence-corrected chi connectivity index (χ2v) is 9.91. The van der Waals surface area contributed by atoms with Crippen molar-refractivity contribution in [2.45, 2.75) is 30.8 Å². The van der Waals surface area contributed by atoms with Gasteiger partial charge in [0.1, 0.15) is 16.7 Å². The van der Waals surface area contributed by atoms with E-state index < -0.39 is 22.0 Å². The van der Waals surface area contributed by atoms with E-state index in [0.717, 1.165) is 11.1 Å². The van der Waals surface area contributed by atoms with Crippen LogP contribution in [0.3, 0.4) is 0 Å². The van der Waals surface area contributed by atoms with Crippen molar-refractivity contribution < 1.29 is 27.4 Å². The first-order valence-corrected chi connectivity index (χ1v) is 12.9. The number of halogens is 1. The van der Waals surface area contributed by atoms with Gasteiger partial charge in [0.25, 0.3) is 0 Å². The fraction of sp³-hybridized carbons (Fsp3) is 0.240. The van der Waals surface area contributed by atoms with Crippen LogP contribution in [0.15, 0.2) is 71.6 Å². The molecule has 0 fully saturated rings. The van der Waals surface area contributed by atoms with Gasteiger partial charge in [-0.05, 0) is 54.8 Å². The van der Waals surface area contributed by atoms with Gasteiger partial charge in [0, 0.05) is 11.6 Å². The SMILES string of the molecule is CCOc1ccc(Cl)cc1S(=O)(=O)NC(Cc1ccccc1)C(=O)NCc1ccc2c(c1)OCO2. The highest BCUT2D eigenvalue weighted by Gasteiger charge is 2.28. The molecular formula is C25H25ClN2O6S. The van der Waals surface area contributed by atoms with Crippen molar-refractivity contribution in [1.29, 1.82) is 0 Å². The summed E-state index contributed by atoms with van der Waals surface area (Å²) in [6, 6.07) is 17.8. The van der Waals surface area contributed by atoms with Gasteiger partial charge in [-0.15, -0.1) is 0 Å². The van der Waals surface area contributed by atoms with Gasteiger partial charge in [-0.2, -0.15) is 4.72 Å². The van der Waals surface area contributed by atoms with Crippen LogP contribution in [0, 0.1) is 0 Å². The molecule has 10 heteroatoms. The minimum atomic E-state index is -4.15. The van der Waals surface area contributed by atoms with Crippen LogP contribution in [-0.2, 0) is 27.8 Å². The number of sulfonamides is 1. The normalized spacial score (nSPS) is 13.3. The molecule has 0 aliphatic carbocycles. The lowest BCUT2D eigenvalue weighted by Gasteiger charge is -2.20. The Bertz CT molecular complexity index is 1300. The standard InChI is InChI=1S/C25H25ClN2O6S/c1-2-32-22-11-9-19(26)14-24(22)35(30,31)28-20(12-17-6-4-3-5-7-17)25(29)27-15-18-8-10-21-23(13-18)34-16-33-21/h3-11,13-14,20,28H,2,12,15-16H2,1H3,(H,27,29). The van der Waals surface area contributed by atoms with Crippen LogP contribution in [0.1, 0.15) is 18.1 Å². The van der Waals surface area contributed by atoms with E-state index in [1.807, 2.05) is 36.4 Å². The van der Waals surface area contributed by atoms with Crippen LogP contribution in [0.2, 0.25) is 5.02 Å². The number of carbonyl (C=O) groups excluding carboxylic acids is 1. The molecule has 0 radical (unpaired) electrons. The zero-order valence-corrected chi connectivity index (χ0v) is 20.6. The van der Waals surface area contributed by atoms with Gasteiger partial charge in [-0.1, -0.05) is 48.0 Å². The average molecular weight is 517 g/mol. The van der Waals surface area contributed by atoms with Gasteiger partial charge in [0.2, 0.25) is 22.7 Å². The summed E-state index contributed by atoms with van der Waals surface area (Å²) < 4.78 is 45.4. The summed E-state index contributed by atoms with van der Waals surface area (Å²) in [6.45, 7) is 2.36. The van der Waals surface area contributed by atoms with Crippen molar-refractivity contribution in [2.24, 2.45) is 0 Å². The molecular weight excluding hydrogens is 492 g/mol. The maximum atomic E-state index is 13.3. The van der Waals surface area contributed by atoms with E-state index in [-0.39, 0.29) is 42.0 Å². The van der Waals surface area contributed by atoms with E-state index in [9.17, 15) is 13.2 Å². The lowest BCUT2D eigenvalue weighted by molar-refractivity contribution is -0.122. The number of fused-ring (bicyclic) bond motifs is 1. The molecule has 3 aromatic rings.